The Morgan fingerprint density at radius 2 is 1.85 bits per heavy atom. The van der Waals surface area contributed by atoms with E-state index in [1.807, 2.05) is 57.2 Å². The van der Waals surface area contributed by atoms with Crippen molar-refractivity contribution in [2.75, 3.05) is 13.1 Å². The predicted octanol–water partition coefficient (Wildman–Crippen LogP) is 6.54. The van der Waals surface area contributed by atoms with Crippen LogP contribution in [0.5, 0.6) is 0 Å². The molecule has 208 valence electrons. The number of ketones is 2. The molecule has 0 saturated carbocycles. The number of imidazole rings is 1. The summed E-state index contributed by atoms with van der Waals surface area (Å²) in [5, 5.41) is 1.94. The lowest BCUT2D eigenvalue weighted by atomic mass is 9.92. The number of amides is 1. The number of ether oxygens (including phenoxy) is 1. The SMILES string of the molecule is CC(C)(C)OC(=O)N1CCCC(CCCC(=O)c2cccc3[nH]c(CC(=O)c4cc5ccccc5cn4)nc23)C1. The van der Waals surface area contributed by atoms with E-state index >= 15 is 0 Å². The number of benzene rings is 2. The van der Waals surface area contributed by atoms with Crippen LogP contribution in [0, 0.1) is 5.92 Å². The molecule has 1 aliphatic heterocycles. The molecule has 1 atom stereocenters. The van der Waals surface area contributed by atoms with Gasteiger partial charge >= 0.3 is 6.09 Å². The Balaban J connectivity index is 1.19. The number of nitrogens with zero attached hydrogens (tertiary/aromatic N) is 3. The number of hydrogen-bond acceptors (Lipinski definition) is 6. The van der Waals surface area contributed by atoms with Crippen LogP contribution < -0.4 is 0 Å². The number of piperidine rings is 1. The number of carbonyl (C=O) groups excluding carboxylic acids is 3. The van der Waals surface area contributed by atoms with Gasteiger partial charge in [0.05, 0.1) is 17.5 Å². The molecule has 0 bridgehead atoms. The third kappa shape index (κ3) is 6.55. The van der Waals surface area contributed by atoms with Crippen molar-refractivity contribution in [1.29, 1.82) is 0 Å². The quantitative estimate of drug-likeness (QED) is 0.255. The molecule has 1 N–H and O–H groups in total. The first-order chi connectivity index (χ1) is 19.2. The molecule has 1 unspecified atom stereocenters. The average Bonchev–Trinajstić information content (AvgIpc) is 3.34. The first-order valence-electron chi connectivity index (χ1n) is 14.0. The molecule has 1 fully saturated rings. The molecule has 2 aromatic carbocycles. The van der Waals surface area contributed by atoms with Gasteiger partial charge in [0.2, 0.25) is 0 Å². The van der Waals surface area contributed by atoms with Gasteiger partial charge < -0.3 is 14.6 Å². The second kappa shape index (κ2) is 11.6. The number of pyridine rings is 1. The van der Waals surface area contributed by atoms with E-state index in [-0.39, 0.29) is 24.1 Å². The smallest absolute Gasteiger partial charge is 0.410 e. The Morgan fingerprint density at radius 1 is 1.05 bits per heavy atom. The van der Waals surface area contributed by atoms with Crippen LogP contribution in [0.3, 0.4) is 0 Å². The lowest BCUT2D eigenvalue weighted by molar-refractivity contribution is 0.0160. The zero-order valence-corrected chi connectivity index (χ0v) is 23.4. The van der Waals surface area contributed by atoms with Gasteiger partial charge in [-0.2, -0.15) is 0 Å². The van der Waals surface area contributed by atoms with Crippen LogP contribution in [-0.4, -0.2) is 56.2 Å². The topological polar surface area (TPSA) is 105 Å². The number of H-pyrrole nitrogens is 1. The standard InChI is InChI=1S/C32H36N4O4/c1-32(2,3)40-31(39)36-16-8-10-21(20-36)9-6-15-27(37)24-13-7-14-25-30(24)35-29(34-25)18-28(38)26-17-22-11-4-5-12-23(22)19-33-26/h4-5,7,11-14,17,19,21H,6,8-10,15-16,18,20H2,1-3H3,(H,34,35). The normalized spacial score (nSPS) is 15.9. The van der Waals surface area contributed by atoms with Crippen molar-refractivity contribution in [3.8, 4) is 0 Å². The molecule has 8 heteroatoms. The maximum atomic E-state index is 13.2. The molecule has 40 heavy (non-hydrogen) atoms. The number of carbonyl (C=O) groups is 3. The highest BCUT2D eigenvalue weighted by molar-refractivity contribution is 6.06. The van der Waals surface area contributed by atoms with E-state index in [9.17, 15) is 14.4 Å². The number of rotatable bonds is 8. The number of aromatic amines is 1. The van der Waals surface area contributed by atoms with Gasteiger partial charge in [-0.25, -0.2) is 9.78 Å². The Morgan fingerprint density at radius 3 is 2.65 bits per heavy atom. The van der Waals surface area contributed by atoms with Crippen molar-refractivity contribution in [3.05, 3.63) is 71.8 Å². The number of aromatic nitrogens is 3. The van der Waals surface area contributed by atoms with Gasteiger partial charge in [0.25, 0.3) is 0 Å². The summed E-state index contributed by atoms with van der Waals surface area (Å²) in [5.41, 5.74) is 1.78. The summed E-state index contributed by atoms with van der Waals surface area (Å²) < 4.78 is 5.53. The second-order valence-electron chi connectivity index (χ2n) is 11.7. The molecular weight excluding hydrogens is 504 g/mol. The Labute approximate surface area is 234 Å². The van der Waals surface area contributed by atoms with E-state index in [0.29, 0.717) is 48.0 Å². The summed E-state index contributed by atoms with van der Waals surface area (Å²) >= 11 is 0. The highest BCUT2D eigenvalue weighted by Crippen LogP contribution is 2.25. The minimum Gasteiger partial charge on any atom is -0.444 e. The molecule has 1 amide bonds. The molecule has 0 radical (unpaired) electrons. The summed E-state index contributed by atoms with van der Waals surface area (Å²) in [4.78, 5) is 52.6. The van der Waals surface area contributed by atoms with E-state index in [4.69, 9.17) is 4.74 Å². The van der Waals surface area contributed by atoms with Crippen LogP contribution in [0.25, 0.3) is 21.8 Å². The summed E-state index contributed by atoms with van der Waals surface area (Å²) in [6.07, 6.45) is 5.54. The molecule has 1 aliphatic rings. The second-order valence-corrected chi connectivity index (χ2v) is 11.7. The highest BCUT2D eigenvalue weighted by atomic mass is 16.6. The van der Waals surface area contributed by atoms with E-state index in [1.54, 1.807) is 23.2 Å². The van der Waals surface area contributed by atoms with Crippen molar-refractivity contribution in [3.63, 3.8) is 0 Å². The molecule has 8 nitrogen and oxygen atoms in total. The van der Waals surface area contributed by atoms with Gasteiger partial charge in [-0.1, -0.05) is 30.3 Å². The molecule has 4 aromatic rings. The fourth-order valence-corrected chi connectivity index (χ4v) is 5.35. The fraction of sp³-hybridized carbons (Fsp3) is 0.406. The molecule has 0 spiro atoms. The summed E-state index contributed by atoms with van der Waals surface area (Å²) in [6, 6.07) is 15.1. The number of Topliss-reactive ketones (excluding diaryl/α,β-unsaturated/α-hetero) is 2. The Kier molecular flexibility index (Phi) is 7.96. The molecule has 5 rings (SSSR count). The molecule has 2 aromatic heterocycles. The fourth-order valence-electron chi connectivity index (χ4n) is 5.35. The third-order valence-corrected chi connectivity index (χ3v) is 7.29. The van der Waals surface area contributed by atoms with Crippen LogP contribution in [0.1, 0.15) is 79.5 Å². The van der Waals surface area contributed by atoms with Crippen LogP contribution in [0.2, 0.25) is 0 Å². The van der Waals surface area contributed by atoms with Gasteiger partial charge in [0.1, 0.15) is 17.1 Å². The summed E-state index contributed by atoms with van der Waals surface area (Å²) in [5.74, 6) is 0.771. The lowest BCUT2D eigenvalue weighted by Crippen LogP contribution is -2.42. The number of para-hydroxylation sites is 1. The number of hydrogen-bond donors (Lipinski definition) is 1. The maximum Gasteiger partial charge on any atom is 0.410 e. The first kappa shape index (κ1) is 27.5. The van der Waals surface area contributed by atoms with Crippen LogP contribution in [0.15, 0.2) is 54.7 Å². The van der Waals surface area contributed by atoms with E-state index in [1.165, 1.54) is 0 Å². The number of nitrogens with one attached hydrogen (secondary N) is 1. The minimum atomic E-state index is -0.510. The molecule has 3 heterocycles. The maximum absolute atomic E-state index is 13.2. The van der Waals surface area contributed by atoms with Gasteiger partial charge in [-0.05, 0) is 76.0 Å². The van der Waals surface area contributed by atoms with Gasteiger partial charge in [-0.3, -0.25) is 14.6 Å². The van der Waals surface area contributed by atoms with Crippen LogP contribution in [-0.2, 0) is 11.2 Å². The Hall–Kier alpha value is -4.07. The van der Waals surface area contributed by atoms with Crippen molar-refractivity contribution < 1.29 is 19.1 Å². The van der Waals surface area contributed by atoms with Gasteiger partial charge in [0, 0.05) is 36.7 Å². The largest absolute Gasteiger partial charge is 0.444 e. The van der Waals surface area contributed by atoms with Crippen LogP contribution in [0.4, 0.5) is 4.79 Å². The van der Waals surface area contributed by atoms with E-state index in [2.05, 4.69) is 15.0 Å². The zero-order chi connectivity index (χ0) is 28.3. The first-order valence-corrected chi connectivity index (χ1v) is 14.0. The van der Waals surface area contributed by atoms with E-state index in [0.717, 1.165) is 42.0 Å². The minimum absolute atomic E-state index is 0.0333. The van der Waals surface area contributed by atoms with Crippen molar-refractivity contribution >= 4 is 39.5 Å². The van der Waals surface area contributed by atoms with Crippen molar-refractivity contribution in [2.45, 2.75) is 64.9 Å². The van der Waals surface area contributed by atoms with E-state index < -0.39 is 5.60 Å². The highest BCUT2D eigenvalue weighted by Gasteiger charge is 2.27. The van der Waals surface area contributed by atoms with Crippen LogP contribution >= 0.6 is 0 Å². The molecule has 0 aliphatic carbocycles. The number of likely N-dealkylation sites (tertiary alicyclic amines) is 1. The van der Waals surface area contributed by atoms with Gasteiger partial charge in [0.15, 0.2) is 11.6 Å². The van der Waals surface area contributed by atoms with Crippen molar-refractivity contribution in [1.82, 2.24) is 19.9 Å². The lowest BCUT2D eigenvalue weighted by Gasteiger charge is -2.34. The molecule has 1 saturated heterocycles. The predicted molar refractivity (Wildman–Crippen MR) is 155 cm³/mol. The average molecular weight is 541 g/mol. The monoisotopic (exact) mass is 540 g/mol. The summed E-state index contributed by atoms with van der Waals surface area (Å²) in [7, 11) is 0. The Bertz CT molecular complexity index is 1550. The number of fused-ring (bicyclic) bond motifs is 2. The third-order valence-electron chi connectivity index (χ3n) is 7.29. The molecular formula is C32H36N4O4. The zero-order valence-electron chi connectivity index (χ0n) is 23.4. The van der Waals surface area contributed by atoms with Gasteiger partial charge in [-0.15, -0.1) is 0 Å². The van der Waals surface area contributed by atoms with Crippen molar-refractivity contribution in [2.24, 2.45) is 5.92 Å². The summed E-state index contributed by atoms with van der Waals surface area (Å²) in [6.45, 7) is 7.01.